The molecule has 0 saturated carbocycles. The lowest BCUT2D eigenvalue weighted by Crippen LogP contribution is -2.18. The Hall–Kier alpha value is -0.0151. The SMILES string of the molecule is CCCCCCCCCCCCCCCCOCCN(C)C.[B]. The molecular formula is C20H43BNO. The van der Waals surface area contributed by atoms with Crippen LogP contribution in [0.5, 0.6) is 0 Å². The van der Waals surface area contributed by atoms with E-state index in [-0.39, 0.29) is 8.41 Å². The zero-order valence-electron chi connectivity index (χ0n) is 16.5. The quantitative estimate of drug-likeness (QED) is 0.238. The molecule has 0 rings (SSSR count). The summed E-state index contributed by atoms with van der Waals surface area (Å²) in [5.41, 5.74) is 0. The molecule has 0 heterocycles. The van der Waals surface area contributed by atoms with Crippen LogP contribution in [0.3, 0.4) is 0 Å². The molecule has 0 bridgehead atoms. The molecule has 0 N–H and O–H groups in total. The zero-order valence-corrected chi connectivity index (χ0v) is 16.5. The molecule has 137 valence electrons. The van der Waals surface area contributed by atoms with Crippen molar-refractivity contribution in [2.45, 2.75) is 96.8 Å². The van der Waals surface area contributed by atoms with Crippen LogP contribution in [-0.2, 0) is 4.74 Å². The van der Waals surface area contributed by atoms with Crippen molar-refractivity contribution >= 4 is 8.41 Å². The average Bonchev–Trinajstić information content (AvgIpc) is 2.50. The minimum Gasteiger partial charge on any atom is -0.380 e. The van der Waals surface area contributed by atoms with Crippen LogP contribution < -0.4 is 0 Å². The van der Waals surface area contributed by atoms with E-state index in [2.05, 4.69) is 25.9 Å². The zero-order chi connectivity index (χ0) is 16.3. The highest BCUT2D eigenvalue weighted by Gasteiger charge is 1.95. The van der Waals surface area contributed by atoms with Gasteiger partial charge in [0.2, 0.25) is 0 Å². The summed E-state index contributed by atoms with van der Waals surface area (Å²) in [6, 6.07) is 0. The topological polar surface area (TPSA) is 12.5 Å². The molecule has 3 radical (unpaired) electrons. The van der Waals surface area contributed by atoms with Crippen molar-refractivity contribution in [3.05, 3.63) is 0 Å². The lowest BCUT2D eigenvalue weighted by Gasteiger charge is -2.09. The minimum absolute atomic E-state index is 0. The van der Waals surface area contributed by atoms with E-state index in [0.29, 0.717) is 0 Å². The van der Waals surface area contributed by atoms with Crippen LogP contribution in [0, 0.1) is 0 Å². The maximum Gasteiger partial charge on any atom is 0.0593 e. The highest BCUT2D eigenvalue weighted by molar-refractivity contribution is 5.75. The summed E-state index contributed by atoms with van der Waals surface area (Å²) in [7, 11) is 4.19. The second-order valence-electron chi connectivity index (χ2n) is 7.01. The van der Waals surface area contributed by atoms with Gasteiger partial charge in [-0.15, -0.1) is 0 Å². The molecule has 3 heteroatoms. The van der Waals surface area contributed by atoms with Crippen LogP contribution in [0.25, 0.3) is 0 Å². The first-order chi connectivity index (χ1) is 10.8. The van der Waals surface area contributed by atoms with E-state index in [0.717, 1.165) is 19.8 Å². The van der Waals surface area contributed by atoms with E-state index >= 15 is 0 Å². The Balaban J connectivity index is 0. The van der Waals surface area contributed by atoms with Gasteiger partial charge in [0.25, 0.3) is 0 Å². The summed E-state index contributed by atoms with van der Waals surface area (Å²) in [5, 5.41) is 0. The predicted octanol–water partition coefficient (Wildman–Crippen LogP) is 5.67. The van der Waals surface area contributed by atoms with E-state index in [1.54, 1.807) is 0 Å². The van der Waals surface area contributed by atoms with Gasteiger partial charge in [-0.05, 0) is 20.5 Å². The van der Waals surface area contributed by atoms with Crippen molar-refractivity contribution in [1.82, 2.24) is 4.90 Å². The lowest BCUT2D eigenvalue weighted by molar-refractivity contribution is 0.114. The molecule has 0 saturated heterocycles. The number of ether oxygens (including phenoxy) is 1. The summed E-state index contributed by atoms with van der Waals surface area (Å²) >= 11 is 0. The summed E-state index contributed by atoms with van der Waals surface area (Å²) in [6.45, 7) is 5.16. The van der Waals surface area contributed by atoms with Gasteiger partial charge in [-0.3, -0.25) is 0 Å². The number of hydrogen-bond acceptors (Lipinski definition) is 2. The number of rotatable bonds is 18. The van der Waals surface area contributed by atoms with Crippen LogP contribution in [0.1, 0.15) is 96.8 Å². The van der Waals surface area contributed by atoms with E-state index in [9.17, 15) is 0 Å². The van der Waals surface area contributed by atoms with E-state index in [1.807, 2.05) is 0 Å². The molecule has 0 fully saturated rings. The Labute approximate surface area is 149 Å². The minimum atomic E-state index is 0. The molecule has 0 aromatic rings. The molecular weight excluding hydrogens is 281 g/mol. The van der Waals surface area contributed by atoms with Crippen LogP contribution in [-0.4, -0.2) is 47.2 Å². The first kappa shape index (κ1) is 25.2. The fourth-order valence-corrected chi connectivity index (χ4v) is 2.75. The predicted molar refractivity (Wildman–Crippen MR) is 105 cm³/mol. The highest BCUT2D eigenvalue weighted by atomic mass is 16.5. The molecule has 0 amide bonds. The van der Waals surface area contributed by atoms with Crippen LogP contribution in [0.4, 0.5) is 0 Å². The summed E-state index contributed by atoms with van der Waals surface area (Å²) in [6.07, 6.45) is 19.9. The van der Waals surface area contributed by atoms with Gasteiger partial charge in [-0.25, -0.2) is 0 Å². The number of hydrogen-bond donors (Lipinski definition) is 0. The Kier molecular flexibility index (Phi) is 24.1. The molecule has 0 aromatic carbocycles. The second kappa shape index (κ2) is 22.0. The smallest absolute Gasteiger partial charge is 0.0593 e. The second-order valence-corrected chi connectivity index (χ2v) is 7.01. The van der Waals surface area contributed by atoms with Crippen molar-refractivity contribution < 1.29 is 4.74 Å². The fourth-order valence-electron chi connectivity index (χ4n) is 2.75. The Morgan fingerprint density at radius 2 is 0.957 bits per heavy atom. The van der Waals surface area contributed by atoms with Crippen molar-refractivity contribution in [2.75, 3.05) is 33.9 Å². The molecule has 2 nitrogen and oxygen atoms in total. The van der Waals surface area contributed by atoms with Gasteiger partial charge in [0.05, 0.1) is 6.61 Å². The van der Waals surface area contributed by atoms with E-state index in [4.69, 9.17) is 4.74 Å². The maximum absolute atomic E-state index is 5.61. The Bertz CT molecular complexity index is 200. The first-order valence-corrected chi connectivity index (χ1v) is 10.00. The Morgan fingerprint density at radius 3 is 1.35 bits per heavy atom. The van der Waals surface area contributed by atoms with Crippen molar-refractivity contribution in [2.24, 2.45) is 0 Å². The van der Waals surface area contributed by atoms with Gasteiger partial charge in [-0.1, -0.05) is 90.4 Å². The number of likely N-dealkylation sites (N-methyl/N-ethyl adjacent to an activating group) is 1. The third-order valence-electron chi connectivity index (χ3n) is 4.33. The summed E-state index contributed by atoms with van der Waals surface area (Å²) in [4.78, 5) is 2.17. The van der Waals surface area contributed by atoms with Crippen molar-refractivity contribution in [1.29, 1.82) is 0 Å². The first-order valence-electron chi connectivity index (χ1n) is 10.00. The lowest BCUT2D eigenvalue weighted by atomic mass is 10.0. The van der Waals surface area contributed by atoms with Gasteiger partial charge in [-0.2, -0.15) is 0 Å². The third-order valence-corrected chi connectivity index (χ3v) is 4.33. The van der Waals surface area contributed by atoms with Crippen molar-refractivity contribution in [3.63, 3.8) is 0 Å². The summed E-state index contributed by atoms with van der Waals surface area (Å²) < 4.78 is 5.61. The molecule has 0 spiro atoms. The van der Waals surface area contributed by atoms with Gasteiger partial charge < -0.3 is 9.64 Å². The normalized spacial score (nSPS) is 11.0. The van der Waals surface area contributed by atoms with Crippen LogP contribution >= 0.6 is 0 Å². The monoisotopic (exact) mass is 324 g/mol. The number of unbranched alkanes of at least 4 members (excludes halogenated alkanes) is 13. The van der Waals surface area contributed by atoms with Crippen LogP contribution in [0.2, 0.25) is 0 Å². The van der Waals surface area contributed by atoms with Gasteiger partial charge in [0, 0.05) is 21.6 Å². The van der Waals surface area contributed by atoms with Crippen LogP contribution in [0.15, 0.2) is 0 Å². The molecule has 0 aliphatic heterocycles. The molecule has 0 aliphatic carbocycles. The third kappa shape index (κ3) is 24.4. The highest BCUT2D eigenvalue weighted by Crippen LogP contribution is 2.12. The van der Waals surface area contributed by atoms with Crippen molar-refractivity contribution in [3.8, 4) is 0 Å². The van der Waals surface area contributed by atoms with Gasteiger partial charge >= 0.3 is 0 Å². The van der Waals surface area contributed by atoms with Gasteiger partial charge in [0.1, 0.15) is 0 Å². The largest absolute Gasteiger partial charge is 0.380 e. The average molecular weight is 324 g/mol. The number of nitrogens with zero attached hydrogens (tertiary/aromatic N) is 1. The molecule has 0 aliphatic rings. The molecule has 23 heavy (non-hydrogen) atoms. The fraction of sp³-hybridized carbons (Fsp3) is 1.00. The maximum atomic E-state index is 5.61. The summed E-state index contributed by atoms with van der Waals surface area (Å²) in [5.74, 6) is 0. The molecule has 0 aromatic heterocycles. The Morgan fingerprint density at radius 1 is 0.565 bits per heavy atom. The van der Waals surface area contributed by atoms with E-state index < -0.39 is 0 Å². The van der Waals surface area contributed by atoms with Gasteiger partial charge in [0.15, 0.2) is 0 Å². The molecule has 0 atom stereocenters. The standard InChI is InChI=1S/C20H43NO.B/c1-4-5-6-7-8-9-10-11-12-13-14-15-16-17-19-22-20-18-21(2)3;/h4-20H2,1-3H3;. The molecule has 0 unspecified atom stereocenters. The van der Waals surface area contributed by atoms with E-state index in [1.165, 1.54) is 89.9 Å².